The molecule has 0 aromatic carbocycles. The highest BCUT2D eigenvalue weighted by atomic mass is 32.1. The van der Waals surface area contributed by atoms with Crippen molar-refractivity contribution in [2.24, 2.45) is 0 Å². The van der Waals surface area contributed by atoms with Crippen molar-refractivity contribution in [3.63, 3.8) is 0 Å². The van der Waals surface area contributed by atoms with E-state index >= 15 is 0 Å². The van der Waals surface area contributed by atoms with E-state index in [1.165, 1.54) is 11.3 Å². The lowest BCUT2D eigenvalue weighted by molar-refractivity contribution is 0.111. The Morgan fingerprint density at radius 2 is 2.17 bits per heavy atom. The molecule has 0 bridgehead atoms. The van der Waals surface area contributed by atoms with E-state index in [1.807, 2.05) is 0 Å². The molecule has 1 aromatic heterocycles. The molecule has 0 aliphatic carbocycles. The Balaban J connectivity index is 3.06. The lowest BCUT2D eigenvalue weighted by Gasteiger charge is -1.88. The zero-order valence-corrected chi connectivity index (χ0v) is 7.26. The van der Waals surface area contributed by atoms with E-state index in [0.717, 1.165) is 18.1 Å². The largest absolute Gasteiger partial charge is 0.297 e. The highest BCUT2D eigenvalue weighted by Gasteiger charge is 2.05. The Labute approximate surface area is 74.5 Å². The molecule has 0 N–H and O–H groups in total. The van der Waals surface area contributed by atoms with E-state index in [1.54, 1.807) is 12.1 Å². The third kappa shape index (κ3) is 1.68. The van der Waals surface area contributed by atoms with Crippen LogP contribution in [0.3, 0.4) is 0 Å². The fourth-order valence-electron chi connectivity index (χ4n) is 0.938. The molecule has 12 heavy (non-hydrogen) atoms. The highest BCUT2D eigenvalue weighted by Crippen LogP contribution is 2.19. The Morgan fingerprint density at radius 3 is 2.67 bits per heavy atom. The van der Waals surface area contributed by atoms with Crippen molar-refractivity contribution in [3.05, 3.63) is 34.0 Å². The van der Waals surface area contributed by atoms with Gasteiger partial charge in [-0.25, -0.2) is 0 Å². The quantitative estimate of drug-likeness (QED) is 0.525. The second-order valence-electron chi connectivity index (χ2n) is 2.27. The second kappa shape index (κ2) is 3.97. The van der Waals surface area contributed by atoms with Crippen molar-refractivity contribution in [3.8, 4) is 0 Å². The van der Waals surface area contributed by atoms with E-state index in [9.17, 15) is 9.59 Å². The fraction of sp³-hybridized carbons (Fsp3) is 0.111. The standard InChI is InChI=1S/C9H8O2S/c1-2-3-7-4-8(5-10)12-9(7)6-11/h2,4-6H,1,3H2. The van der Waals surface area contributed by atoms with Crippen LogP contribution in [0.25, 0.3) is 0 Å². The number of thiophene rings is 1. The summed E-state index contributed by atoms with van der Waals surface area (Å²) in [6.07, 6.45) is 3.88. The maximum absolute atomic E-state index is 10.5. The summed E-state index contributed by atoms with van der Waals surface area (Å²) in [5.41, 5.74) is 0.882. The number of carbonyl (C=O) groups is 2. The first-order valence-corrected chi connectivity index (χ1v) is 4.27. The van der Waals surface area contributed by atoms with Crippen LogP contribution in [0.5, 0.6) is 0 Å². The van der Waals surface area contributed by atoms with Gasteiger partial charge >= 0.3 is 0 Å². The molecule has 2 nitrogen and oxygen atoms in total. The summed E-state index contributed by atoms with van der Waals surface area (Å²) in [6.45, 7) is 3.57. The molecule has 0 unspecified atom stereocenters. The molecule has 0 saturated heterocycles. The third-order valence-electron chi connectivity index (χ3n) is 1.45. The van der Waals surface area contributed by atoms with Crippen LogP contribution in [-0.4, -0.2) is 12.6 Å². The van der Waals surface area contributed by atoms with Gasteiger partial charge in [0.05, 0.1) is 9.75 Å². The zero-order chi connectivity index (χ0) is 8.97. The maximum Gasteiger partial charge on any atom is 0.160 e. The van der Waals surface area contributed by atoms with Gasteiger partial charge in [-0.05, 0) is 18.1 Å². The molecule has 1 heterocycles. The average Bonchev–Trinajstić information content (AvgIpc) is 2.48. The molecule has 0 saturated carbocycles. The summed E-state index contributed by atoms with van der Waals surface area (Å²) in [5, 5.41) is 0. The predicted octanol–water partition coefficient (Wildman–Crippen LogP) is 2.10. The molecule has 62 valence electrons. The summed E-state index contributed by atoms with van der Waals surface area (Å²) < 4.78 is 0. The van der Waals surface area contributed by atoms with Crippen LogP contribution >= 0.6 is 11.3 Å². The molecule has 0 aliphatic rings. The van der Waals surface area contributed by atoms with Crippen LogP contribution in [0.15, 0.2) is 18.7 Å². The Morgan fingerprint density at radius 1 is 1.42 bits per heavy atom. The topological polar surface area (TPSA) is 34.1 Å². The molecular weight excluding hydrogens is 172 g/mol. The summed E-state index contributed by atoms with van der Waals surface area (Å²) in [6, 6.07) is 1.73. The molecule has 1 aromatic rings. The van der Waals surface area contributed by atoms with Crippen molar-refractivity contribution >= 4 is 23.9 Å². The van der Waals surface area contributed by atoms with Crippen molar-refractivity contribution in [1.82, 2.24) is 0 Å². The highest BCUT2D eigenvalue weighted by molar-refractivity contribution is 7.15. The zero-order valence-electron chi connectivity index (χ0n) is 6.45. The number of hydrogen-bond acceptors (Lipinski definition) is 3. The minimum atomic E-state index is 0.592. The average molecular weight is 180 g/mol. The van der Waals surface area contributed by atoms with E-state index in [4.69, 9.17) is 0 Å². The van der Waals surface area contributed by atoms with Crippen molar-refractivity contribution in [2.75, 3.05) is 0 Å². The number of hydrogen-bond donors (Lipinski definition) is 0. The summed E-state index contributed by atoms with van der Waals surface area (Å²) in [5.74, 6) is 0. The molecular formula is C9H8O2S. The smallest absolute Gasteiger partial charge is 0.160 e. The monoisotopic (exact) mass is 180 g/mol. The number of allylic oxidation sites excluding steroid dienone is 1. The van der Waals surface area contributed by atoms with Gasteiger partial charge in [0.25, 0.3) is 0 Å². The molecule has 0 aliphatic heterocycles. The normalized spacial score (nSPS) is 9.33. The molecule has 0 fully saturated rings. The van der Waals surface area contributed by atoms with Crippen LogP contribution in [-0.2, 0) is 6.42 Å². The minimum absolute atomic E-state index is 0.592. The van der Waals surface area contributed by atoms with E-state index < -0.39 is 0 Å². The van der Waals surface area contributed by atoms with Gasteiger partial charge in [-0.15, -0.1) is 17.9 Å². The first kappa shape index (κ1) is 8.87. The Kier molecular flexibility index (Phi) is 2.94. The molecule has 0 amide bonds. The molecule has 0 spiro atoms. The lowest BCUT2D eigenvalue weighted by Crippen LogP contribution is -1.81. The second-order valence-corrected chi connectivity index (χ2v) is 3.38. The van der Waals surface area contributed by atoms with Gasteiger partial charge in [0.2, 0.25) is 0 Å². The van der Waals surface area contributed by atoms with Crippen LogP contribution in [0.1, 0.15) is 24.9 Å². The van der Waals surface area contributed by atoms with Gasteiger partial charge in [-0.2, -0.15) is 0 Å². The predicted molar refractivity (Wildman–Crippen MR) is 49.0 cm³/mol. The van der Waals surface area contributed by atoms with E-state index in [-0.39, 0.29) is 0 Å². The van der Waals surface area contributed by atoms with E-state index in [2.05, 4.69) is 6.58 Å². The maximum atomic E-state index is 10.5. The summed E-state index contributed by atoms with van der Waals surface area (Å²) in [4.78, 5) is 22.1. The van der Waals surface area contributed by atoms with Gasteiger partial charge in [0.15, 0.2) is 12.6 Å². The van der Waals surface area contributed by atoms with Crippen LogP contribution in [0.4, 0.5) is 0 Å². The lowest BCUT2D eigenvalue weighted by atomic mass is 10.2. The van der Waals surface area contributed by atoms with Gasteiger partial charge in [0.1, 0.15) is 0 Å². The third-order valence-corrected chi connectivity index (χ3v) is 2.48. The molecule has 0 radical (unpaired) electrons. The number of aldehydes is 2. The van der Waals surface area contributed by atoms with Gasteiger partial charge < -0.3 is 0 Å². The van der Waals surface area contributed by atoms with Gasteiger partial charge in [-0.3, -0.25) is 9.59 Å². The Bertz CT molecular complexity index is 312. The van der Waals surface area contributed by atoms with Crippen molar-refractivity contribution in [1.29, 1.82) is 0 Å². The van der Waals surface area contributed by atoms with Crippen molar-refractivity contribution in [2.45, 2.75) is 6.42 Å². The summed E-state index contributed by atoms with van der Waals surface area (Å²) >= 11 is 1.22. The summed E-state index contributed by atoms with van der Waals surface area (Å²) in [7, 11) is 0. The number of rotatable bonds is 4. The minimum Gasteiger partial charge on any atom is -0.297 e. The fourth-order valence-corrected chi connectivity index (χ4v) is 1.76. The van der Waals surface area contributed by atoms with Crippen LogP contribution in [0, 0.1) is 0 Å². The van der Waals surface area contributed by atoms with Crippen LogP contribution in [0.2, 0.25) is 0 Å². The van der Waals surface area contributed by atoms with Crippen molar-refractivity contribution < 1.29 is 9.59 Å². The molecule has 0 atom stereocenters. The first-order valence-electron chi connectivity index (χ1n) is 3.45. The molecule has 1 rings (SSSR count). The molecule has 3 heteroatoms. The van der Waals surface area contributed by atoms with Gasteiger partial charge in [0, 0.05) is 0 Å². The van der Waals surface area contributed by atoms with Crippen LogP contribution < -0.4 is 0 Å². The SMILES string of the molecule is C=CCc1cc(C=O)sc1C=O. The van der Waals surface area contributed by atoms with E-state index in [0.29, 0.717) is 16.2 Å². The first-order chi connectivity index (χ1) is 5.81. The number of carbonyl (C=O) groups excluding carboxylic acids is 2. The van der Waals surface area contributed by atoms with Gasteiger partial charge in [-0.1, -0.05) is 6.08 Å². The Hall–Kier alpha value is -1.22.